The second kappa shape index (κ2) is 10.0. The molecule has 2 aliphatic rings. The van der Waals surface area contributed by atoms with Gasteiger partial charge in [0.2, 0.25) is 11.8 Å². The Balaban J connectivity index is 1.24. The molecule has 2 aliphatic heterocycles. The van der Waals surface area contributed by atoms with Crippen LogP contribution in [0.15, 0.2) is 47.4 Å². The molecule has 0 radical (unpaired) electrons. The number of hydrogen-bond acceptors (Lipinski definition) is 5. The average molecular weight is 459 g/mol. The predicted molar refractivity (Wildman–Crippen MR) is 125 cm³/mol. The van der Waals surface area contributed by atoms with Crippen LogP contribution in [0, 0.1) is 0 Å². The van der Waals surface area contributed by atoms with E-state index in [1.165, 1.54) is 17.3 Å². The number of nitrogens with one attached hydrogen (secondary N) is 2. The van der Waals surface area contributed by atoms with Crippen LogP contribution in [0.4, 0.5) is 5.69 Å². The summed E-state index contributed by atoms with van der Waals surface area (Å²) < 4.78 is 0. The van der Waals surface area contributed by atoms with Crippen LogP contribution in [0.2, 0.25) is 5.02 Å². The molecule has 2 aromatic carbocycles. The Morgan fingerprint density at radius 3 is 2.58 bits per heavy atom. The van der Waals surface area contributed by atoms with Gasteiger partial charge in [-0.3, -0.25) is 14.5 Å². The number of carbonyl (C=O) groups is 2. The van der Waals surface area contributed by atoms with Crippen LogP contribution in [-0.4, -0.2) is 60.1 Å². The van der Waals surface area contributed by atoms with Gasteiger partial charge >= 0.3 is 0 Å². The van der Waals surface area contributed by atoms with E-state index in [9.17, 15) is 9.59 Å². The summed E-state index contributed by atoms with van der Waals surface area (Å²) in [5.74, 6) is -0.297. The lowest BCUT2D eigenvalue weighted by molar-refractivity contribution is -0.124. The summed E-state index contributed by atoms with van der Waals surface area (Å²) in [4.78, 5) is 30.5. The minimum Gasteiger partial charge on any atom is -0.352 e. The average Bonchev–Trinajstić information content (AvgIpc) is 2.75. The lowest BCUT2D eigenvalue weighted by Crippen LogP contribution is -2.43. The van der Waals surface area contributed by atoms with E-state index in [-0.39, 0.29) is 18.2 Å². The SMILES string of the molecule is CN1CCN(Cc2ccc(CNC(=O)CC3Sc4ccc(Cl)cc4NC3=O)cc2)CC1. The maximum absolute atomic E-state index is 12.4. The van der Waals surface area contributed by atoms with Crippen molar-refractivity contribution < 1.29 is 9.59 Å². The van der Waals surface area contributed by atoms with Gasteiger partial charge in [-0.2, -0.15) is 0 Å². The monoisotopic (exact) mass is 458 g/mol. The molecule has 0 aliphatic carbocycles. The molecule has 1 saturated heterocycles. The Morgan fingerprint density at radius 1 is 1.13 bits per heavy atom. The Morgan fingerprint density at radius 2 is 1.84 bits per heavy atom. The highest BCUT2D eigenvalue weighted by atomic mass is 35.5. The zero-order valence-electron chi connectivity index (χ0n) is 17.6. The number of fused-ring (bicyclic) bond motifs is 1. The molecule has 0 spiro atoms. The van der Waals surface area contributed by atoms with Crippen molar-refractivity contribution >= 4 is 40.9 Å². The standard InChI is InChI=1S/C23H27ClN4O2S/c1-27-8-10-28(11-9-27)15-17-4-2-16(3-5-17)14-25-22(29)13-21-23(30)26-19-12-18(24)6-7-20(19)31-21/h2-7,12,21H,8-11,13-15H2,1H3,(H,25,29)(H,26,30). The molecule has 31 heavy (non-hydrogen) atoms. The maximum Gasteiger partial charge on any atom is 0.238 e. The van der Waals surface area contributed by atoms with Crippen molar-refractivity contribution in [3.63, 3.8) is 0 Å². The summed E-state index contributed by atoms with van der Waals surface area (Å²) in [5, 5.41) is 5.91. The third kappa shape index (κ3) is 6.01. The highest BCUT2D eigenvalue weighted by molar-refractivity contribution is 8.01. The topological polar surface area (TPSA) is 64.7 Å². The number of anilines is 1. The summed E-state index contributed by atoms with van der Waals surface area (Å²) >= 11 is 7.38. The van der Waals surface area contributed by atoms with Crippen LogP contribution >= 0.6 is 23.4 Å². The molecule has 0 saturated carbocycles. The molecular weight excluding hydrogens is 432 g/mol. The van der Waals surface area contributed by atoms with Gasteiger partial charge in [-0.05, 0) is 36.4 Å². The first-order valence-corrected chi connectivity index (χ1v) is 11.7. The molecule has 2 heterocycles. The summed E-state index contributed by atoms with van der Waals surface area (Å²) in [6.07, 6.45) is 0.139. The first-order chi connectivity index (χ1) is 15.0. The molecule has 164 valence electrons. The number of piperazine rings is 1. The van der Waals surface area contributed by atoms with Crippen molar-refractivity contribution in [1.29, 1.82) is 0 Å². The Bertz CT molecular complexity index is 945. The van der Waals surface area contributed by atoms with Gasteiger partial charge in [0.15, 0.2) is 0 Å². The van der Waals surface area contributed by atoms with E-state index in [4.69, 9.17) is 11.6 Å². The van der Waals surface area contributed by atoms with Gasteiger partial charge in [-0.1, -0.05) is 35.9 Å². The fraction of sp³-hybridized carbons (Fsp3) is 0.391. The number of benzene rings is 2. The Labute approximate surface area is 192 Å². The van der Waals surface area contributed by atoms with Crippen LogP contribution < -0.4 is 10.6 Å². The van der Waals surface area contributed by atoms with Crippen LogP contribution in [0.3, 0.4) is 0 Å². The minimum absolute atomic E-state index is 0.133. The first-order valence-electron chi connectivity index (χ1n) is 10.5. The van der Waals surface area contributed by atoms with Gasteiger partial charge in [-0.25, -0.2) is 0 Å². The Hall–Kier alpha value is -2.06. The number of carbonyl (C=O) groups excluding carboxylic acids is 2. The molecule has 2 N–H and O–H groups in total. The molecule has 0 aromatic heterocycles. The summed E-state index contributed by atoms with van der Waals surface area (Å²) in [6, 6.07) is 13.8. The van der Waals surface area contributed by atoms with Crippen LogP contribution in [0.25, 0.3) is 0 Å². The molecule has 2 aromatic rings. The van der Waals surface area contributed by atoms with E-state index in [0.717, 1.165) is 43.2 Å². The molecule has 8 heteroatoms. The van der Waals surface area contributed by atoms with Crippen molar-refractivity contribution in [2.75, 3.05) is 38.5 Å². The second-order valence-electron chi connectivity index (χ2n) is 8.11. The lowest BCUT2D eigenvalue weighted by atomic mass is 10.1. The van der Waals surface area contributed by atoms with Gasteiger partial charge in [0.1, 0.15) is 0 Å². The zero-order valence-corrected chi connectivity index (χ0v) is 19.1. The van der Waals surface area contributed by atoms with Gasteiger partial charge in [-0.15, -0.1) is 11.8 Å². The van der Waals surface area contributed by atoms with E-state index < -0.39 is 5.25 Å². The zero-order chi connectivity index (χ0) is 21.8. The maximum atomic E-state index is 12.4. The number of likely N-dealkylation sites (N-methyl/N-ethyl adjacent to an activating group) is 1. The molecule has 1 atom stereocenters. The van der Waals surface area contributed by atoms with E-state index in [0.29, 0.717) is 17.3 Å². The van der Waals surface area contributed by atoms with Crippen molar-refractivity contribution in [2.45, 2.75) is 29.7 Å². The van der Waals surface area contributed by atoms with Gasteiger partial charge < -0.3 is 15.5 Å². The predicted octanol–water partition coefficient (Wildman–Crippen LogP) is 3.21. The minimum atomic E-state index is -0.445. The van der Waals surface area contributed by atoms with Gasteiger partial charge in [0.05, 0.1) is 10.9 Å². The summed E-state index contributed by atoms with van der Waals surface area (Å²) in [7, 11) is 2.16. The largest absolute Gasteiger partial charge is 0.352 e. The van der Waals surface area contributed by atoms with Crippen LogP contribution in [0.1, 0.15) is 17.5 Å². The smallest absolute Gasteiger partial charge is 0.238 e. The quantitative estimate of drug-likeness (QED) is 0.696. The number of halogens is 1. The molecule has 1 unspecified atom stereocenters. The summed E-state index contributed by atoms with van der Waals surface area (Å²) in [6.45, 7) is 5.83. The van der Waals surface area contributed by atoms with Crippen LogP contribution in [-0.2, 0) is 22.7 Å². The van der Waals surface area contributed by atoms with Gasteiger partial charge in [0.25, 0.3) is 0 Å². The number of hydrogen-bond donors (Lipinski definition) is 2. The highest BCUT2D eigenvalue weighted by Gasteiger charge is 2.29. The fourth-order valence-electron chi connectivity index (χ4n) is 3.72. The molecule has 0 bridgehead atoms. The van der Waals surface area contributed by atoms with E-state index >= 15 is 0 Å². The van der Waals surface area contributed by atoms with Gasteiger partial charge in [0, 0.05) is 55.6 Å². The molecule has 6 nitrogen and oxygen atoms in total. The van der Waals surface area contributed by atoms with Crippen LogP contribution in [0.5, 0.6) is 0 Å². The highest BCUT2D eigenvalue weighted by Crippen LogP contribution is 2.38. The van der Waals surface area contributed by atoms with Crippen molar-refractivity contribution in [3.8, 4) is 0 Å². The first kappa shape index (κ1) is 22.1. The number of rotatable bonds is 6. The lowest BCUT2D eigenvalue weighted by Gasteiger charge is -2.32. The third-order valence-electron chi connectivity index (χ3n) is 5.65. The van der Waals surface area contributed by atoms with Crippen molar-refractivity contribution in [1.82, 2.24) is 15.1 Å². The van der Waals surface area contributed by atoms with E-state index in [1.807, 2.05) is 6.07 Å². The number of nitrogens with zero attached hydrogens (tertiary/aromatic N) is 2. The van der Waals surface area contributed by atoms with E-state index in [2.05, 4.69) is 51.7 Å². The molecule has 1 fully saturated rings. The van der Waals surface area contributed by atoms with E-state index in [1.54, 1.807) is 12.1 Å². The molecule has 4 rings (SSSR count). The molecular formula is C23H27ClN4O2S. The Kier molecular flexibility index (Phi) is 7.17. The normalized spacial score (nSPS) is 19.5. The third-order valence-corrected chi connectivity index (χ3v) is 7.16. The molecule has 2 amide bonds. The summed E-state index contributed by atoms with van der Waals surface area (Å²) in [5.41, 5.74) is 3.04. The fourth-order valence-corrected chi connectivity index (χ4v) is 4.99. The van der Waals surface area contributed by atoms with Crippen molar-refractivity contribution in [3.05, 3.63) is 58.6 Å². The van der Waals surface area contributed by atoms with Crippen molar-refractivity contribution in [2.24, 2.45) is 0 Å². The second-order valence-corrected chi connectivity index (χ2v) is 9.79. The number of amides is 2. The number of thioether (sulfide) groups is 1.